The quantitative estimate of drug-likeness (QED) is 0.315. The van der Waals surface area contributed by atoms with E-state index >= 15 is 0 Å². The molecule has 0 bridgehead atoms. The van der Waals surface area contributed by atoms with Crippen LogP contribution in [0.3, 0.4) is 0 Å². The molecule has 0 unspecified atom stereocenters. The van der Waals surface area contributed by atoms with E-state index in [9.17, 15) is 9.18 Å². The summed E-state index contributed by atoms with van der Waals surface area (Å²) < 4.78 is 18.9. The molecule has 1 saturated heterocycles. The second-order valence-electron chi connectivity index (χ2n) is 8.82. The molecule has 2 heterocycles. The maximum absolute atomic E-state index is 13.1. The number of guanidine groups is 1. The fraction of sp³-hybridized carbons (Fsp3) is 0.522. The molecule has 33 heavy (non-hydrogen) atoms. The first-order valence-corrected chi connectivity index (χ1v) is 10.9. The van der Waals surface area contributed by atoms with Gasteiger partial charge in [0.2, 0.25) is 11.8 Å². The SMILES string of the molecule is CN=C(NCCC(=O)N1CCN(c2ccc(F)cc2)CC1)NCc1ncc(C(C)(C)C)o1.I. The number of amides is 1. The van der Waals surface area contributed by atoms with E-state index in [1.807, 2.05) is 4.90 Å². The van der Waals surface area contributed by atoms with Crippen LogP contribution in [-0.2, 0) is 16.8 Å². The Labute approximate surface area is 212 Å². The number of piperazine rings is 1. The van der Waals surface area contributed by atoms with Crippen LogP contribution in [0.2, 0.25) is 0 Å². The number of hydrogen-bond donors (Lipinski definition) is 2. The summed E-state index contributed by atoms with van der Waals surface area (Å²) >= 11 is 0. The van der Waals surface area contributed by atoms with E-state index in [1.165, 1.54) is 12.1 Å². The number of carbonyl (C=O) groups excluding carboxylic acids is 1. The number of hydrogen-bond acceptors (Lipinski definition) is 5. The Balaban J connectivity index is 0.00000385. The Morgan fingerprint density at radius 1 is 1.15 bits per heavy atom. The van der Waals surface area contributed by atoms with Gasteiger partial charge in [-0.15, -0.1) is 24.0 Å². The molecule has 1 aliphatic rings. The molecule has 3 rings (SSSR count). The minimum atomic E-state index is -0.241. The fourth-order valence-corrected chi connectivity index (χ4v) is 3.43. The highest BCUT2D eigenvalue weighted by Gasteiger charge is 2.21. The van der Waals surface area contributed by atoms with Gasteiger partial charge in [-0.3, -0.25) is 9.79 Å². The Morgan fingerprint density at radius 2 is 1.82 bits per heavy atom. The minimum Gasteiger partial charge on any atom is -0.443 e. The van der Waals surface area contributed by atoms with E-state index in [0.29, 0.717) is 44.5 Å². The lowest BCUT2D eigenvalue weighted by molar-refractivity contribution is -0.131. The number of aliphatic imine (C=N–C) groups is 1. The molecule has 0 aliphatic carbocycles. The smallest absolute Gasteiger partial charge is 0.224 e. The van der Waals surface area contributed by atoms with Crippen molar-refractivity contribution in [3.8, 4) is 0 Å². The number of aromatic nitrogens is 1. The molecule has 8 nitrogen and oxygen atoms in total. The lowest BCUT2D eigenvalue weighted by atomic mass is 9.94. The van der Waals surface area contributed by atoms with Crippen molar-refractivity contribution in [2.75, 3.05) is 44.7 Å². The first-order chi connectivity index (χ1) is 15.3. The third-order valence-electron chi connectivity index (χ3n) is 5.38. The highest BCUT2D eigenvalue weighted by molar-refractivity contribution is 14.0. The van der Waals surface area contributed by atoms with Crippen LogP contribution in [0.4, 0.5) is 10.1 Å². The van der Waals surface area contributed by atoms with E-state index in [0.717, 1.165) is 24.5 Å². The summed E-state index contributed by atoms with van der Waals surface area (Å²) in [5, 5.41) is 6.32. The van der Waals surface area contributed by atoms with Gasteiger partial charge in [-0.05, 0) is 24.3 Å². The molecule has 182 valence electrons. The molecular formula is C23H34FIN6O2. The first kappa shape index (κ1) is 26.9. The summed E-state index contributed by atoms with van der Waals surface area (Å²) in [4.78, 5) is 25.1. The number of nitrogens with one attached hydrogen (secondary N) is 2. The topological polar surface area (TPSA) is 86.0 Å². The van der Waals surface area contributed by atoms with Gasteiger partial charge in [0.05, 0.1) is 12.7 Å². The molecule has 1 aromatic carbocycles. The fourth-order valence-electron chi connectivity index (χ4n) is 3.43. The number of benzene rings is 1. The van der Waals surface area contributed by atoms with Gasteiger partial charge in [0.25, 0.3) is 0 Å². The molecule has 0 saturated carbocycles. The van der Waals surface area contributed by atoms with E-state index in [4.69, 9.17) is 4.42 Å². The molecule has 10 heteroatoms. The van der Waals surface area contributed by atoms with Gasteiger partial charge in [-0.2, -0.15) is 0 Å². The van der Waals surface area contributed by atoms with Gasteiger partial charge in [-0.25, -0.2) is 9.37 Å². The van der Waals surface area contributed by atoms with E-state index in [1.54, 1.807) is 25.4 Å². The van der Waals surface area contributed by atoms with Crippen molar-refractivity contribution >= 4 is 41.5 Å². The highest BCUT2D eigenvalue weighted by Crippen LogP contribution is 2.22. The van der Waals surface area contributed by atoms with Gasteiger partial charge < -0.3 is 24.9 Å². The van der Waals surface area contributed by atoms with Crippen LogP contribution in [0.5, 0.6) is 0 Å². The highest BCUT2D eigenvalue weighted by atomic mass is 127. The number of halogens is 2. The van der Waals surface area contributed by atoms with Crippen LogP contribution < -0.4 is 15.5 Å². The lowest BCUT2D eigenvalue weighted by Crippen LogP contribution is -2.49. The van der Waals surface area contributed by atoms with Crippen LogP contribution in [0, 0.1) is 5.82 Å². The second kappa shape index (κ2) is 12.2. The molecule has 2 aromatic rings. The largest absolute Gasteiger partial charge is 0.443 e. The Bertz CT molecular complexity index is 918. The normalized spacial score (nSPS) is 14.6. The minimum absolute atomic E-state index is 0. The summed E-state index contributed by atoms with van der Waals surface area (Å²) in [7, 11) is 1.68. The van der Waals surface area contributed by atoms with Crippen molar-refractivity contribution in [2.24, 2.45) is 4.99 Å². The van der Waals surface area contributed by atoms with Crippen LogP contribution in [0.15, 0.2) is 39.9 Å². The molecular weight excluding hydrogens is 538 g/mol. The van der Waals surface area contributed by atoms with Crippen LogP contribution in [0.25, 0.3) is 0 Å². The summed E-state index contributed by atoms with van der Waals surface area (Å²) in [6.45, 7) is 9.90. The number of anilines is 1. The van der Waals surface area contributed by atoms with Crippen LogP contribution in [-0.4, -0.2) is 61.5 Å². The van der Waals surface area contributed by atoms with E-state index < -0.39 is 0 Å². The maximum atomic E-state index is 13.1. The average Bonchev–Trinajstić information content (AvgIpc) is 3.26. The Morgan fingerprint density at radius 3 is 2.39 bits per heavy atom. The predicted octanol–water partition coefficient (Wildman–Crippen LogP) is 3.13. The van der Waals surface area contributed by atoms with Crippen molar-refractivity contribution < 1.29 is 13.6 Å². The van der Waals surface area contributed by atoms with Crippen molar-refractivity contribution in [3.63, 3.8) is 0 Å². The zero-order valence-electron chi connectivity index (χ0n) is 19.7. The number of carbonyl (C=O) groups is 1. The zero-order chi connectivity index (χ0) is 23.1. The van der Waals surface area contributed by atoms with Gasteiger partial charge in [0.15, 0.2) is 5.96 Å². The van der Waals surface area contributed by atoms with Gasteiger partial charge in [-0.1, -0.05) is 20.8 Å². The van der Waals surface area contributed by atoms with Crippen molar-refractivity contribution in [2.45, 2.75) is 39.2 Å². The maximum Gasteiger partial charge on any atom is 0.224 e. The molecule has 0 atom stereocenters. The summed E-state index contributed by atoms with van der Waals surface area (Å²) in [6, 6.07) is 6.48. The van der Waals surface area contributed by atoms with Gasteiger partial charge in [0.1, 0.15) is 11.6 Å². The molecule has 1 aromatic heterocycles. The standard InChI is InChI=1S/C23H33FN6O2.HI/c1-23(2,3)19-15-27-20(32-19)16-28-22(25-4)26-10-9-21(31)30-13-11-29(12-14-30)18-7-5-17(24)6-8-18;/h5-8,15H,9-14,16H2,1-4H3,(H2,25,26,28);1H. The van der Waals surface area contributed by atoms with Crippen LogP contribution >= 0.6 is 24.0 Å². The van der Waals surface area contributed by atoms with E-state index in [-0.39, 0.29) is 41.1 Å². The number of rotatable bonds is 6. The molecule has 0 spiro atoms. The van der Waals surface area contributed by atoms with Gasteiger partial charge in [0, 0.05) is 57.3 Å². The molecule has 1 fully saturated rings. The summed E-state index contributed by atoms with van der Waals surface area (Å²) in [5.41, 5.74) is 0.895. The molecule has 1 amide bonds. The van der Waals surface area contributed by atoms with Crippen molar-refractivity contribution in [1.82, 2.24) is 20.5 Å². The third kappa shape index (κ3) is 7.86. The van der Waals surface area contributed by atoms with Crippen molar-refractivity contribution in [1.29, 1.82) is 0 Å². The van der Waals surface area contributed by atoms with E-state index in [2.05, 4.69) is 46.3 Å². The Kier molecular flexibility index (Phi) is 9.93. The number of oxazole rings is 1. The Hall–Kier alpha value is -2.37. The third-order valence-corrected chi connectivity index (χ3v) is 5.38. The predicted molar refractivity (Wildman–Crippen MR) is 139 cm³/mol. The monoisotopic (exact) mass is 572 g/mol. The average molecular weight is 572 g/mol. The zero-order valence-corrected chi connectivity index (χ0v) is 22.1. The summed E-state index contributed by atoms with van der Waals surface area (Å²) in [5.74, 6) is 1.88. The second-order valence-corrected chi connectivity index (χ2v) is 8.82. The summed E-state index contributed by atoms with van der Waals surface area (Å²) in [6.07, 6.45) is 2.13. The van der Waals surface area contributed by atoms with Crippen molar-refractivity contribution in [3.05, 3.63) is 47.9 Å². The van der Waals surface area contributed by atoms with Gasteiger partial charge >= 0.3 is 0 Å². The molecule has 2 N–H and O–H groups in total. The first-order valence-electron chi connectivity index (χ1n) is 10.9. The van der Waals surface area contributed by atoms with Crippen LogP contribution in [0.1, 0.15) is 38.8 Å². The molecule has 0 radical (unpaired) electrons. The lowest BCUT2D eigenvalue weighted by Gasteiger charge is -2.36. The molecule has 1 aliphatic heterocycles. The number of nitrogens with zero attached hydrogens (tertiary/aromatic N) is 4.